The fourth-order valence-electron chi connectivity index (χ4n) is 1.98. The van der Waals surface area contributed by atoms with E-state index in [2.05, 4.69) is 4.90 Å². The first-order valence-corrected chi connectivity index (χ1v) is 4.63. The van der Waals surface area contributed by atoms with Gasteiger partial charge in [-0.1, -0.05) is 0 Å². The first kappa shape index (κ1) is 8.20. The second-order valence-electron chi connectivity index (χ2n) is 3.99. The van der Waals surface area contributed by atoms with Gasteiger partial charge in [0.15, 0.2) is 5.78 Å². The Morgan fingerprint density at radius 3 is 2.75 bits per heavy atom. The van der Waals surface area contributed by atoms with Crippen molar-refractivity contribution < 1.29 is 9.90 Å². The third kappa shape index (κ3) is 1.27. The summed E-state index contributed by atoms with van der Waals surface area (Å²) in [5.41, 5.74) is 0.0788. The van der Waals surface area contributed by atoms with Crippen molar-refractivity contribution in [2.75, 3.05) is 26.2 Å². The van der Waals surface area contributed by atoms with Crippen LogP contribution in [0.15, 0.2) is 0 Å². The molecule has 1 aliphatic heterocycles. The minimum absolute atomic E-state index is 0.0788. The third-order valence-electron chi connectivity index (χ3n) is 2.97. The Morgan fingerprint density at radius 2 is 2.25 bits per heavy atom. The molecule has 12 heavy (non-hydrogen) atoms. The molecule has 0 amide bonds. The van der Waals surface area contributed by atoms with Crippen LogP contribution in [-0.4, -0.2) is 42.0 Å². The fourth-order valence-corrected chi connectivity index (χ4v) is 1.98. The molecular formula is C9H15NO2. The Kier molecular flexibility index (Phi) is 1.93. The van der Waals surface area contributed by atoms with Crippen molar-refractivity contribution in [1.29, 1.82) is 0 Å². The van der Waals surface area contributed by atoms with Gasteiger partial charge in [-0.3, -0.25) is 9.69 Å². The van der Waals surface area contributed by atoms with E-state index in [1.807, 2.05) is 0 Å². The van der Waals surface area contributed by atoms with Crippen LogP contribution >= 0.6 is 0 Å². The maximum absolute atomic E-state index is 11.4. The lowest BCUT2D eigenvalue weighted by Crippen LogP contribution is -2.23. The van der Waals surface area contributed by atoms with Crippen molar-refractivity contribution >= 4 is 5.78 Å². The maximum Gasteiger partial charge on any atom is 0.154 e. The number of ketones is 1. The molecule has 1 spiro atoms. The smallest absolute Gasteiger partial charge is 0.154 e. The van der Waals surface area contributed by atoms with Crippen molar-refractivity contribution in [3.63, 3.8) is 0 Å². The van der Waals surface area contributed by atoms with Gasteiger partial charge in [-0.15, -0.1) is 0 Å². The molecule has 2 rings (SSSR count). The van der Waals surface area contributed by atoms with Crippen LogP contribution in [0.25, 0.3) is 0 Å². The van der Waals surface area contributed by atoms with Gasteiger partial charge in [-0.05, 0) is 19.3 Å². The average Bonchev–Trinajstić information content (AvgIpc) is 2.74. The number of carbonyl (C=O) groups excluding carboxylic acids is 1. The van der Waals surface area contributed by atoms with E-state index in [9.17, 15) is 4.79 Å². The zero-order valence-corrected chi connectivity index (χ0v) is 7.25. The summed E-state index contributed by atoms with van der Waals surface area (Å²) in [7, 11) is 0. The highest BCUT2D eigenvalue weighted by molar-refractivity contribution is 5.91. The van der Waals surface area contributed by atoms with E-state index in [0.717, 1.165) is 32.4 Å². The van der Waals surface area contributed by atoms with Gasteiger partial charge in [0.05, 0.1) is 6.54 Å². The van der Waals surface area contributed by atoms with Crippen LogP contribution < -0.4 is 0 Å². The molecule has 1 saturated carbocycles. The van der Waals surface area contributed by atoms with E-state index in [1.54, 1.807) is 0 Å². The predicted molar refractivity (Wildman–Crippen MR) is 44.8 cm³/mol. The summed E-state index contributed by atoms with van der Waals surface area (Å²) in [4.78, 5) is 13.6. The molecule has 1 aliphatic carbocycles. The summed E-state index contributed by atoms with van der Waals surface area (Å²) in [6.07, 6.45) is 2.99. The molecule has 3 heteroatoms. The van der Waals surface area contributed by atoms with Gasteiger partial charge in [-0.2, -0.15) is 0 Å². The molecule has 1 saturated heterocycles. The van der Waals surface area contributed by atoms with Gasteiger partial charge >= 0.3 is 0 Å². The Morgan fingerprint density at radius 1 is 1.50 bits per heavy atom. The molecule has 1 heterocycles. The van der Waals surface area contributed by atoms with Crippen LogP contribution in [0.2, 0.25) is 0 Å². The Hall–Kier alpha value is -0.410. The molecule has 0 atom stereocenters. The first-order chi connectivity index (χ1) is 5.77. The van der Waals surface area contributed by atoms with Crippen molar-refractivity contribution in [2.24, 2.45) is 5.41 Å². The quantitative estimate of drug-likeness (QED) is 0.648. The van der Waals surface area contributed by atoms with Crippen molar-refractivity contribution in [3.8, 4) is 0 Å². The Bertz CT molecular complexity index is 199. The zero-order valence-electron chi connectivity index (χ0n) is 7.25. The molecule has 3 nitrogen and oxygen atoms in total. The highest BCUT2D eigenvalue weighted by Crippen LogP contribution is 2.50. The van der Waals surface area contributed by atoms with E-state index in [1.165, 1.54) is 0 Å². The minimum atomic E-state index is 0.0788. The maximum atomic E-state index is 11.4. The van der Waals surface area contributed by atoms with Crippen molar-refractivity contribution in [3.05, 3.63) is 0 Å². The van der Waals surface area contributed by atoms with Crippen molar-refractivity contribution in [2.45, 2.75) is 19.3 Å². The molecule has 0 unspecified atom stereocenters. The van der Waals surface area contributed by atoms with Crippen LogP contribution in [0.1, 0.15) is 19.3 Å². The topological polar surface area (TPSA) is 40.5 Å². The van der Waals surface area contributed by atoms with Gasteiger partial charge in [0.25, 0.3) is 0 Å². The van der Waals surface area contributed by atoms with Gasteiger partial charge in [0.1, 0.15) is 0 Å². The average molecular weight is 169 g/mol. The summed E-state index contributed by atoms with van der Waals surface area (Å²) in [5, 5.41) is 8.63. The van der Waals surface area contributed by atoms with Gasteiger partial charge in [0, 0.05) is 25.1 Å². The van der Waals surface area contributed by atoms with E-state index in [-0.39, 0.29) is 12.0 Å². The number of hydrogen-bond acceptors (Lipinski definition) is 3. The number of carbonyl (C=O) groups is 1. The molecule has 68 valence electrons. The number of likely N-dealkylation sites (tertiary alicyclic amines) is 1. The van der Waals surface area contributed by atoms with Gasteiger partial charge in [0.2, 0.25) is 0 Å². The van der Waals surface area contributed by atoms with E-state index in [4.69, 9.17) is 5.11 Å². The number of hydrogen-bond donors (Lipinski definition) is 1. The van der Waals surface area contributed by atoms with E-state index >= 15 is 0 Å². The summed E-state index contributed by atoms with van der Waals surface area (Å²) in [6.45, 7) is 2.69. The minimum Gasteiger partial charge on any atom is -0.396 e. The second kappa shape index (κ2) is 2.82. The van der Waals surface area contributed by atoms with Crippen LogP contribution in [-0.2, 0) is 4.79 Å². The number of nitrogens with zero attached hydrogens (tertiary/aromatic N) is 1. The number of aliphatic hydroxyl groups is 1. The van der Waals surface area contributed by atoms with Crippen molar-refractivity contribution in [1.82, 2.24) is 4.90 Å². The Balaban J connectivity index is 1.85. The number of Topliss-reactive ketones (excluding diaryl/α,β-unsaturated/α-hetero) is 1. The van der Waals surface area contributed by atoms with E-state index in [0.29, 0.717) is 12.3 Å². The molecule has 1 N–H and O–H groups in total. The summed E-state index contributed by atoms with van der Waals surface area (Å²) in [5.74, 6) is 0.431. The van der Waals surface area contributed by atoms with Crippen LogP contribution in [0.5, 0.6) is 0 Å². The summed E-state index contributed by atoms with van der Waals surface area (Å²) < 4.78 is 0. The predicted octanol–water partition coefficient (Wildman–Crippen LogP) is 0.0337. The van der Waals surface area contributed by atoms with E-state index < -0.39 is 0 Å². The normalized spacial score (nSPS) is 26.9. The highest BCUT2D eigenvalue weighted by atomic mass is 16.3. The van der Waals surface area contributed by atoms with Crippen LogP contribution in [0, 0.1) is 5.41 Å². The molecule has 0 aromatic heterocycles. The molecule has 0 bridgehead atoms. The van der Waals surface area contributed by atoms with Gasteiger partial charge in [-0.25, -0.2) is 0 Å². The standard InChI is InChI=1S/C9H15NO2/c11-5-1-4-10-6-8(12)9(7-10)2-3-9/h11H,1-7H2. The SMILES string of the molecule is O=C1CN(CCCO)CC12CC2. The lowest BCUT2D eigenvalue weighted by Gasteiger charge is -2.12. The molecule has 0 radical (unpaired) electrons. The fraction of sp³-hybridized carbons (Fsp3) is 0.889. The molecular weight excluding hydrogens is 154 g/mol. The van der Waals surface area contributed by atoms with Crippen LogP contribution in [0.3, 0.4) is 0 Å². The highest BCUT2D eigenvalue weighted by Gasteiger charge is 2.54. The lowest BCUT2D eigenvalue weighted by atomic mass is 10.1. The first-order valence-electron chi connectivity index (χ1n) is 4.63. The second-order valence-corrected chi connectivity index (χ2v) is 3.99. The Labute approximate surface area is 72.4 Å². The molecule has 0 aromatic carbocycles. The zero-order chi connectivity index (χ0) is 8.60. The van der Waals surface area contributed by atoms with Gasteiger partial charge < -0.3 is 5.11 Å². The monoisotopic (exact) mass is 169 g/mol. The molecule has 0 aromatic rings. The summed E-state index contributed by atoms with van der Waals surface area (Å²) >= 11 is 0. The number of rotatable bonds is 3. The third-order valence-corrected chi connectivity index (χ3v) is 2.97. The number of aliphatic hydroxyl groups excluding tert-OH is 1. The largest absolute Gasteiger partial charge is 0.396 e. The molecule has 2 fully saturated rings. The molecule has 2 aliphatic rings. The van der Waals surface area contributed by atoms with Crippen LogP contribution in [0.4, 0.5) is 0 Å². The summed E-state index contributed by atoms with van der Waals surface area (Å²) in [6, 6.07) is 0. The lowest BCUT2D eigenvalue weighted by molar-refractivity contribution is -0.120.